The van der Waals surface area contributed by atoms with Crippen molar-refractivity contribution in [1.82, 2.24) is 29.6 Å². The molecule has 1 amide bonds. The number of hydrogen-bond donors (Lipinski definition) is 1. The lowest BCUT2D eigenvalue weighted by Gasteiger charge is -2.18. The van der Waals surface area contributed by atoms with Crippen LogP contribution in [-0.4, -0.2) is 42.6 Å². The summed E-state index contributed by atoms with van der Waals surface area (Å²) in [5.41, 5.74) is 5.12. The van der Waals surface area contributed by atoms with E-state index in [1.54, 1.807) is 37.3 Å². The molecule has 4 rings (SSSR count). The minimum Gasteiger partial charge on any atom is -0.341 e. The summed E-state index contributed by atoms with van der Waals surface area (Å²) in [5.74, 6) is 0.278. The Kier molecular flexibility index (Phi) is 6.17. The van der Waals surface area contributed by atoms with E-state index in [2.05, 4.69) is 20.1 Å². The summed E-state index contributed by atoms with van der Waals surface area (Å²) in [6, 6.07) is 13.5. The van der Waals surface area contributed by atoms with Crippen LogP contribution in [-0.2, 0) is 17.8 Å². The number of hydrogen-bond acceptors (Lipinski definition) is 5. The van der Waals surface area contributed by atoms with E-state index in [9.17, 15) is 9.59 Å². The molecule has 0 aliphatic heterocycles. The van der Waals surface area contributed by atoms with Crippen molar-refractivity contribution in [3.63, 3.8) is 0 Å². The van der Waals surface area contributed by atoms with Gasteiger partial charge in [0.05, 0.1) is 17.8 Å². The van der Waals surface area contributed by atoms with Crippen LogP contribution in [0.5, 0.6) is 0 Å². The van der Waals surface area contributed by atoms with Crippen molar-refractivity contribution in [2.24, 2.45) is 0 Å². The van der Waals surface area contributed by atoms with Gasteiger partial charge in [-0.3, -0.25) is 14.6 Å². The topological polar surface area (TPSA) is 96.8 Å². The van der Waals surface area contributed by atoms with Crippen LogP contribution < -0.4 is 5.56 Å². The van der Waals surface area contributed by atoms with Gasteiger partial charge in [0.25, 0.3) is 5.56 Å². The van der Waals surface area contributed by atoms with Gasteiger partial charge in [-0.2, -0.15) is 5.10 Å². The van der Waals surface area contributed by atoms with Gasteiger partial charge in [0.2, 0.25) is 5.91 Å². The van der Waals surface area contributed by atoms with Crippen LogP contribution in [0.25, 0.3) is 17.1 Å². The van der Waals surface area contributed by atoms with E-state index in [0.29, 0.717) is 29.2 Å². The lowest BCUT2D eigenvalue weighted by Crippen LogP contribution is -2.31. The number of likely N-dealkylation sites (N-methyl/N-ethyl adjacent to an activating group) is 1. The molecule has 0 saturated heterocycles. The first-order valence-electron chi connectivity index (χ1n) is 10.7. The molecule has 3 heterocycles. The Hall–Kier alpha value is -4.07. The summed E-state index contributed by atoms with van der Waals surface area (Å²) in [4.78, 5) is 38.6. The van der Waals surface area contributed by atoms with E-state index < -0.39 is 0 Å². The molecule has 0 aliphatic carbocycles. The molecule has 3 aromatic heterocycles. The van der Waals surface area contributed by atoms with Gasteiger partial charge in [-0.25, -0.2) is 9.67 Å². The molecule has 0 spiro atoms. The first-order chi connectivity index (χ1) is 15.8. The predicted molar refractivity (Wildman–Crippen MR) is 126 cm³/mol. The summed E-state index contributed by atoms with van der Waals surface area (Å²) in [6.07, 6.45) is 3.27. The second-order valence-corrected chi connectivity index (χ2v) is 8.04. The van der Waals surface area contributed by atoms with Gasteiger partial charge in [-0.05, 0) is 45.0 Å². The average molecular weight is 443 g/mol. The Morgan fingerprint density at radius 3 is 2.45 bits per heavy atom. The first-order valence-corrected chi connectivity index (χ1v) is 10.7. The fraction of sp³-hybridized carbons (Fsp3) is 0.240. The predicted octanol–water partition coefficient (Wildman–Crippen LogP) is 3.14. The summed E-state index contributed by atoms with van der Waals surface area (Å²) in [6.45, 7) is 6.09. The molecule has 8 heteroatoms. The van der Waals surface area contributed by atoms with Gasteiger partial charge in [-0.15, -0.1) is 0 Å². The highest BCUT2D eigenvalue weighted by molar-refractivity contribution is 5.78. The van der Waals surface area contributed by atoms with Crippen molar-refractivity contribution >= 4 is 5.91 Å². The SMILES string of the molecule is Cc1nn(-c2ccccc2)c(C)c1CN(C)C(=O)Cc1c(C)nc(-c2cccnc2)[nH]c1=O. The average Bonchev–Trinajstić information content (AvgIpc) is 3.10. The van der Waals surface area contributed by atoms with Gasteiger partial charge in [0.15, 0.2) is 0 Å². The number of carbonyl (C=O) groups is 1. The van der Waals surface area contributed by atoms with Crippen LogP contribution in [0.2, 0.25) is 0 Å². The van der Waals surface area contributed by atoms with Crippen LogP contribution >= 0.6 is 0 Å². The van der Waals surface area contributed by atoms with Crippen molar-refractivity contribution in [2.45, 2.75) is 33.7 Å². The summed E-state index contributed by atoms with van der Waals surface area (Å²) >= 11 is 0. The standard InChI is InChI=1S/C25H26N6O2/c1-16-21(25(33)28-24(27-16)19-9-8-12-26-14-19)13-23(32)30(4)15-22-17(2)29-31(18(22)3)20-10-6-5-7-11-20/h5-12,14H,13,15H2,1-4H3,(H,27,28,33). The molecule has 0 saturated carbocycles. The molecule has 0 bridgehead atoms. The number of nitrogens with one attached hydrogen (secondary N) is 1. The minimum atomic E-state index is -0.313. The maximum atomic E-state index is 13.0. The molecule has 8 nitrogen and oxygen atoms in total. The number of para-hydroxylation sites is 1. The van der Waals surface area contributed by atoms with Gasteiger partial charge in [0, 0.05) is 54.1 Å². The van der Waals surface area contributed by atoms with Gasteiger partial charge in [-0.1, -0.05) is 18.2 Å². The number of rotatable bonds is 6. The molecular formula is C25H26N6O2. The maximum Gasteiger partial charge on any atom is 0.255 e. The maximum absolute atomic E-state index is 13.0. The van der Waals surface area contributed by atoms with Gasteiger partial charge in [0.1, 0.15) is 5.82 Å². The molecule has 33 heavy (non-hydrogen) atoms. The van der Waals surface area contributed by atoms with E-state index in [4.69, 9.17) is 0 Å². The normalized spacial score (nSPS) is 10.9. The molecule has 0 unspecified atom stereocenters. The number of H-pyrrole nitrogens is 1. The molecule has 0 fully saturated rings. The van der Waals surface area contributed by atoms with E-state index in [-0.39, 0.29) is 17.9 Å². The molecule has 4 aromatic rings. The van der Waals surface area contributed by atoms with Crippen molar-refractivity contribution in [3.8, 4) is 17.1 Å². The molecule has 0 atom stereocenters. The van der Waals surface area contributed by atoms with Gasteiger partial charge < -0.3 is 9.88 Å². The summed E-state index contributed by atoms with van der Waals surface area (Å²) < 4.78 is 1.89. The highest BCUT2D eigenvalue weighted by Crippen LogP contribution is 2.20. The fourth-order valence-corrected chi connectivity index (χ4v) is 3.79. The third-order valence-corrected chi connectivity index (χ3v) is 5.75. The second-order valence-electron chi connectivity index (χ2n) is 8.04. The van der Waals surface area contributed by atoms with E-state index in [0.717, 1.165) is 22.6 Å². The van der Waals surface area contributed by atoms with E-state index in [1.807, 2.05) is 54.9 Å². The zero-order chi connectivity index (χ0) is 23.5. The molecular weight excluding hydrogens is 416 g/mol. The van der Waals surface area contributed by atoms with Crippen LogP contribution in [0.15, 0.2) is 59.7 Å². The number of aryl methyl sites for hydroxylation is 2. The van der Waals surface area contributed by atoms with Crippen LogP contribution in [0, 0.1) is 20.8 Å². The van der Waals surface area contributed by atoms with E-state index in [1.165, 1.54) is 0 Å². The number of carbonyl (C=O) groups excluding carboxylic acids is 1. The lowest BCUT2D eigenvalue weighted by atomic mass is 10.1. The summed E-state index contributed by atoms with van der Waals surface area (Å²) in [7, 11) is 1.74. The minimum absolute atomic E-state index is 0.0249. The number of amides is 1. The molecule has 168 valence electrons. The second kappa shape index (κ2) is 9.20. The Balaban J connectivity index is 1.52. The highest BCUT2D eigenvalue weighted by Gasteiger charge is 2.20. The Morgan fingerprint density at radius 2 is 1.79 bits per heavy atom. The molecule has 0 aliphatic rings. The molecule has 1 N–H and O–H groups in total. The van der Waals surface area contributed by atoms with Crippen LogP contribution in [0.3, 0.4) is 0 Å². The van der Waals surface area contributed by atoms with Gasteiger partial charge >= 0.3 is 0 Å². The number of aromatic amines is 1. The molecule has 1 aromatic carbocycles. The highest BCUT2D eigenvalue weighted by atomic mass is 16.2. The zero-order valence-electron chi connectivity index (χ0n) is 19.2. The number of pyridine rings is 1. The quantitative estimate of drug-likeness (QED) is 0.495. The smallest absolute Gasteiger partial charge is 0.255 e. The first kappa shape index (κ1) is 22.1. The van der Waals surface area contributed by atoms with E-state index >= 15 is 0 Å². The van der Waals surface area contributed by atoms with Crippen molar-refractivity contribution in [1.29, 1.82) is 0 Å². The third-order valence-electron chi connectivity index (χ3n) is 5.75. The zero-order valence-corrected chi connectivity index (χ0v) is 19.2. The lowest BCUT2D eigenvalue weighted by molar-refractivity contribution is -0.129. The number of benzene rings is 1. The van der Waals surface area contributed by atoms with Crippen molar-refractivity contribution in [3.05, 3.63) is 93.4 Å². The third kappa shape index (κ3) is 4.59. The fourth-order valence-electron chi connectivity index (χ4n) is 3.79. The van der Waals surface area contributed by atoms with Crippen molar-refractivity contribution < 1.29 is 4.79 Å². The van der Waals surface area contributed by atoms with Crippen LogP contribution in [0.4, 0.5) is 0 Å². The monoisotopic (exact) mass is 442 g/mol. The Bertz CT molecular complexity index is 1340. The largest absolute Gasteiger partial charge is 0.341 e. The summed E-state index contributed by atoms with van der Waals surface area (Å²) in [5, 5.41) is 4.65. The van der Waals surface area contributed by atoms with Crippen LogP contribution in [0.1, 0.15) is 28.2 Å². The number of aromatic nitrogens is 5. The Morgan fingerprint density at radius 1 is 1.03 bits per heavy atom. The van der Waals surface area contributed by atoms with Crippen molar-refractivity contribution in [2.75, 3.05) is 7.05 Å². The molecule has 0 radical (unpaired) electrons. The Labute approximate surface area is 192 Å². The number of nitrogens with zero attached hydrogens (tertiary/aromatic N) is 5.